The standard InChI is InChI=1S/C15H23N3O2/c1-15(20)6-3-8-18(9-7-15)14(19)17-13-5-2-4-12(10-13)11-16/h2,4-5,10,20H,3,6-9,11,16H2,1H3,(H,17,19). The van der Waals surface area contributed by atoms with Crippen molar-refractivity contribution in [3.8, 4) is 0 Å². The van der Waals surface area contributed by atoms with Crippen molar-refractivity contribution in [3.63, 3.8) is 0 Å². The van der Waals surface area contributed by atoms with Gasteiger partial charge in [-0.15, -0.1) is 0 Å². The first-order valence-corrected chi connectivity index (χ1v) is 7.07. The largest absolute Gasteiger partial charge is 0.390 e. The Morgan fingerprint density at radius 1 is 1.45 bits per heavy atom. The summed E-state index contributed by atoms with van der Waals surface area (Å²) in [5.41, 5.74) is 6.68. The molecule has 0 saturated carbocycles. The maximum absolute atomic E-state index is 12.2. The van der Waals surface area contributed by atoms with Gasteiger partial charge in [0.25, 0.3) is 0 Å². The molecule has 2 amide bonds. The van der Waals surface area contributed by atoms with Gasteiger partial charge in [0, 0.05) is 25.3 Å². The zero-order chi connectivity index (χ0) is 14.6. The van der Waals surface area contributed by atoms with Crippen LogP contribution in [0.4, 0.5) is 10.5 Å². The molecule has 1 saturated heterocycles. The number of urea groups is 1. The second kappa shape index (κ2) is 6.24. The van der Waals surface area contributed by atoms with Crippen molar-refractivity contribution in [2.24, 2.45) is 5.73 Å². The third-order valence-corrected chi connectivity index (χ3v) is 3.76. The van der Waals surface area contributed by atoms with Crippen LogP contribution < -0.4 is 11.1 Å². The van der Waals surface area contributed by atoms with Crippen molar-refractivity contribution in [1.29, 1.82) is 0 Å². The van der Waals surface area contributed by atoms with Crippen molar-refractivity contribution in [2.75, 3.05) is 18.4 Å². The maximum atomic E-state index is 12.2. The van der Waals surface area contributed by atoms with Gasteiger partial charge in [-0.1, -0.05) is 12.1 Å². The highest BCUT2D eigenvalue weighted by Crippen LogP contribution is 2.22. The third kappa shape index (κ3) is 3.95. The average Bonchev–Trinajstić information content (AvgIpc) is 2.60. The minimum Gasteiger partial charge on any atom is -0.390 e. The molecule has 0 spiro atoms. The SMILES string of the molecule is CC1(O)CCCN(C(=O)Nc2cccc(CN)c2)CC1. The van der Waals surface area contributed by atoms with E-state index in [2.05, 4.69) is 5.32 Å². The van der Waals surface area contributed by atoms with Crippen LogP contribution in [0.2, 0.25) is 0 Å². The number of aliphatic hydroxyl groups is 1. The molecule has 1 unspecified atom stereocenters. The van der Waals surface area contributed by atoms with Gasteiger partial charge in [0.15, 0.2) is 0 Å². The molecule has 1 fully saturated rings. The number of benzene rings is 1. The maximum Gasteiger partial charge on any atom is 0.321 e. The van der Waals surface area contributed by atoms with Gasteiger partial charge in [-0.05, 0) is 43.9 Å². The molecule has 1 atom stereocenters. The molecule has 4 N–H and O–H groups in total. The fourth-order valence-electron chi connectivity index (χ4n) is 2.45. The molecule has 0 bridgehead atoms. The number of amides is 2. The summed E-state index contributed by atoms with van der Waals surface area (Å²) in [4.78, 5) is 14.0. The number of nitrogens with one attached hydrogen (secondary N) is 1. The molecular formula is C15H23N3O2. The van der Waals surface area contributed by atoms with Crippen molar-refractivity contribution >= 4 is 11.7 Å². The minimum atomic E-state index is -0.658. The Balaban J connectivity index is 1.97. The summed E-state index contributed by atoms with van der Waals surface area (Å²) in [5, 5.41) is 12.9. The van der Waals surface area contributed by atoms with Gasteiger partial charge in [-0.25, -0.2) is 4.79 Å². The second-order valence-electron chi connectivity index (χ2n) is 5.67. The molecule has 0 aromatic heterocycles. The molecular weight excluding hydrogens is 254 g/mol. The molecule has 1 aliphatic heterocycles. The lowest BCUT2D eigenvalue weighted by molar-refractivity contribution is 0.0458. The molecule has 5 nitrogen and oxygen atoms in total. The van der Waals surface area contributed by atoms with Crippen LogP contribution in [-0.4, -0.2) is 34.7 Å². The van der Waals surface area contributed by atoms with Crippen molar-refractivity contribution in [1.82, 2.24) is 4.90 Å². The fourth-order valence-corrected chi connectivity index (χ4v) is 2.45. The van der Waals surface area contributed by atoms with Gasteiger partial charge in [0.2, 0.25) is 0 Å². The minimum absolute atomic E-state index is 0.114. The van der Waals surface area contributed by atoms with Gasteiger partial charge in [0.05, 0.1) is 5.60 Å². The first kappa shape index (κ1) is 14.8. The first-order chi connectivity index (χ1) is 9.50. The molecule has 1 aromatic carbocycles. The Morgan fingerprint density at radius 3 is 3.00 bits per heavy atom. The molecule has 0 aliphatic carbocycles. The number of carbonyl (C=O) groups excluding carboxylic acids is 1. The molecule has 1 heterocycles. The lowest BCUT2D eigenvalue weighted by Gasteiger charge is -2.23. The highest BCUT2D eigenvalue weighted by molar-refractivity contribution is 5.89. The zero-order valence-electron chi connectivity index (χ0n) is 11.9. The molecule has 1 aliphatic rings. The van der Waals surface area contributed by atoms with Gasteiger partial charge in [0.1, 0.15) is 0 Å². The van der Waals surface area contributed by atoms with Crippen LogP contribution in [0.1, 0.15) is 31.7 Å². The predicted molar refractivity (Wildman–Crippen MR) is 79.4 cm³/mol. The number of hydrogen-bond donors (Lipinski definition) is 3. The molecule has 110 valence electrons. The van der Waals surface area contributed by atoms with E-state index in [1.165, 1.54) is 0 Å². The molecule has 5 heteroatoms. The van der Waals surface area contributed by atoms with Gasteiger partial charge < -0.3 is 21.1 Å². The Labute approximate surface area is 119 Å². The predicted octanol–water partition coefficient (Wildman–Crippen LogP) is 1.91. The number of anilines is 1. The molecule has 20 heavy (non-hydrogen) atoms. The average molecular weight is 277 g/mol. The van der Waals surface area contributed by atoms with Crippen LogP contribution in [0.25, 0.3) is 0 Å². The number of rotatable bonds is 2. The number of likely N-dealkylation sites (tertiary alicyclic amines) is 1. The smallest absolute Gasteiger partial charge is 0.321 e. The highest BCUT2D eigenvalue weighted by atomic mass is 16.3. The third-order valence-electron chi connectivity index (χ3n) is 3.76. The Kier molecular flexibility index (Phi) is 4.62. The number of nitrogens with zero attached hydrogens (tertiary/aromatic N) is 1. The lowest BCUT2D eigenvalue weighted by Crippen LogP contribution is -2.36. The van der Waals surface area contributed by atoms with Crippen LogP contribution in [0.15, 0.2) is 24.3 Å². The Bertz CT molecular complexity index is 474. The van der Waals surface area contributed by atoms with Gasteiger partial charge in [-0.3, -0.25) is 0 Å². The van der Waals surface area contributed by atoms with E-state index in [0.29, 0.717) is 26.1 Å². The van der Waals surface area contributed by atoms with E-state index < -0.39 is 5.60 Å². The highest BCUT2D eigenvalue weighted by Gasteiger charge is 2.26. The zero-order valence-corrected chi connectivity index (χ0v) is 11.9. The van der Waals surface area contributed by atoms with Crippen LogP contribution >= 0.6 is 0 Å². The molecule has 0 radical (unpaired) electrons. The van der Waals surface area contributed by atoms with E-state index in [-0.39, 0.29) is 6.03 Å². The van der Waals surface area contributed by atoms with Gasteiger partial charge >= 0.3 is 6.03 Å². The number of carbonyl (C=O) groups is 1. The van der Waals surface area contributed by atoms with E-state index in [1.54, 1.807) is 4.90 Å². The fraction of sp³-hybridized carbons (Fsp3) is 0.533. The van der Waals surface area contributed by atoms with Crippen molar-refractivity contribution in [2.45, 2.75) is 38.3 Å². The summed E-state index contributed by atoms with van der Waals surface area (Å²) in [6, 6.07) is 7.43. The quantitative estimate of drug-likeness (QED) is 0.772. The van der Waals surface area contributed by atoms with Crippen molar-refractivity contribution < 1.29 is 9.90 Å². The van der Waals surface area contributed by atoms with E-state index in [4.69, 9.17) is 5.73 Å². The first-order valence-electron chi connectivity index (χ1n) is 7.07. The van der Waals surface area contributed by atoms with Crippen LogP contribution in [0.5, 0.6) is 0 Å². The van der Waals surface area contributed by atoms with E-state index in [1.807, 2.05) is 31.2 Å². The molecule has 2 rings (SSSR count). The summed E-state index contributed by atoms with van der Waals surface area (Å²) >= 11 is 0. The number of nitrogens with two attached hydrogens (primary N) is 1. The van der Waals surface area contributed by atoms with Crippen molar-refractivity contribution in [3.05, 3.63) is 29.8 Å². The van der Waals surface area contributed by atoms with Crippen LogP contribution in [0, 0.1) is 0 Å². The summed E-state index contributed by atoms with van der Waals surface area (Å²) in [6.45, 7) is 3.55. The Hall–Kier alpha value is -1.59. The molecule has 1 aromatic rings. The summed E-state index contributed by atoms with van der Waals surface area (Å²) in [5.74, 6) is 0. The Morgan fingerprint density at radius 2 is 2.25 bits per heavy atom. The monoisotopic (exact) mass is 277 g/mol. The lowest BCUT2D eigenvalue weighted by atomic mass is 9.98. The van der Waals surface area contributed by atoms with Gasteiger partial charge in [-0.2, -0.15) is 0 Å². The summed E-state index contributed by atoms with van der Waals surface area (Å²) in [7, 11) is 0. The van der Waals surface area contributed by atoms with E-state index in [0.717, 1.165) is 24.1 Å². The summed E-state index contributed by atoms with van der Waals surface area (Å²) in [6.07, 6.45) is 2.17. The van der Waals surface area contributed by atoms with Crippen LogP contribution in [-0.2, 0) is 6.54 Å². The topological polar surface area (TPSA) is 78.6 Å². The second-order valence-corrected chi connectivity index (χ2v) is 5.67. The van der Waals surface area contributed by atoms with E-state index in [9.17, 15) is 9.90 Å². The summed E-state index contributed by atoms with van der Waals surface area (Å²) < 4.78 is 0. The normalized spacial score (nSPS) is 23.2. The number of hydrogen-bond acceptors (Lipinski definition) is 3. The van der Waals surface area contributed by atoms with Crippen LogP contribution in [0.3, 0.4) is 0 Å². The van der Waals surface area contributed by atoms with E-state index >= 15 is 0 Å².